The van der Waals surface area contributed by atoms with Crippen LogP contribution in [0.1, 0.15) is 24.9 Å². The Morgan fingerprint density at radius 3 is 2.76 bits per heavy atom. The first-order chi connectivity index (χ1) is 8.18. The molecule has 92 valence electrons. The van der Waals surface area contributed by atoms with E-state index in [1.807, 2.05) is 37.3 Å². The molecule has 0 radical (unpaired) electrons. The summed E-state index contributed by atoms with van der Waals surface area (Å²) in [7, 11) is 0. The summed E-state index contributed by atoms with van der Waals surface area (Å²) in [6.07, 6.45) is 0.927. The number of benzene rings is 1. The first-order valence-corrected chi connectivity index (χ1v) is 5.91. The number of carbonyl (C=O) groups excluding carboxylic acids is 1. The fourth-order valence-corrected chi connectivity index (χ4v) is 2.01. The Bertz CT molecular complexity index is 380. The average molecular weight is 234 g/mol. The van der Waals surface area contributed by atoms with Crippen molar-refractivity contribution in [2.45, 2.75) is 31.5 Å². The van der Waals surface area contributed by atoms with Crippen molar-refractivity contribution < 1.29 is 9.53 Å². The molecule has 1 aromatic rings. The minimum atomic E-state index is -0.607. The average Bonchev–Trinajstić information content (AvgIpc) is 2.75. The fourth-order valence-electron chi connectivity index (χ4n) is 2.01. The van der Waals surface area contributed by atoms with Crippen LogP contribution in [0.15, 0.2) is 30.3 Å². The number of nitrogens with two attached hydrogens (primary N) is 1. The van der Waals surface area contributed by atoms with Crippen LogP contribution in [-0.4, -0.2) is 24.7 Å². The molecule has 0 bridgehead atoms. The van der Waals surface area contributed by atoms with Crippen molar-refractivity contribution in [2.75, 3.05) is 6.61 Å². The van der Waals surface area contributed by atoms with Gasteiger partial charge in [0.2, 0.25) is 5.91 Å². The highest BCUT2D eigenvalue weighted by Gasteiger charge is 2.27. The monoisotopic (exact) mass is 234 g/mol. The van der Waals surface area contributed by atoms with E-state index in [4.69, 9.17) is 10.5 Å². The molecule has 4 nitrogen and oxygen atoms in total. The number of carbonyl (C=O) groups is 1. The summed E-state index contributed by atoms with van der Waals surface area (Å²) in [4.78, 5) is 12.0. The Kier molecular flexibility index (Phi) is 3.76. The third kappa shape index (κ3) is 2.84. The standard InChI is InChI=1S/C13H18N2O2/c1-9-11(7-8-17-9)15-13(16)12(14)10-5-3-2-4-6-10/h2-6,9,11-12H,7-8,14H2,1H3,(H,15,16). The summed E-state index contributed by atoms with van der Waals surface area (Å²) >= 11 is 0. The van der Waals surface area contributed by atoms with Gasteiger partial charge >= 0.3 is 0 Å². The van der Waals surface area contributed by atoms with Crippen molar-refractivity contribution in [3.05, 3.63) is 35.9 Å². The van der Waals surface area contributed by atoms with Crippen molar-refractivity contribution in [3.8, 4) is 0 Å². The van der Waals surface area contributed by atoms with Gasteiger partial charge in [-0.2, -0.15) is 0 Å². The van der Waals surface area contributed by atoms with E-state index >= 15 is 0 Å². The number of rotatable bonds is 3. The van der Waals surface area contributed by atoms with Crippen molar-refractivity contribution in [2.24, 2.45) is 5.73 Å². The minimum absolute atomic E-state index is 0.0712. The molecule has 1 aliphatic heterocycles. The highest BCUT2D eigenvalue weighted by Crippen LogP contribution is 2.15. The molecule has 0 spiro atoms. The molecular formula is C13H18N2O2. The molecule has 1 saturated heterocycles. The molecule has 3 unspecified atom stereocenters. The largest absolute Gasteiger partial charge is 0.376 e. The number of amides is 1. The predicted octanol–water partition coefficient (Wildman–Crippen LogP) is 0.980. The van der Waals surface area contributed by atoms with E-state index in [0.29, 0.717) is 6.61 Å². The van der Waals surface area contributed by atoms with Crippen molar-refractivity contribution in [1.82, 2.24) is 5.32 Å². The summed E-state index contributed by atoms with van der Waals surface area (Å²) in [5, 5.41) is 2.94. The molecule has 3 atom stereocenters. The quantitative estimate of drug-likeness (QED) is 0.819. The van der Waals surface area contributed by atoms with E-state index in [2.05, 4.69) is 5.32 Å². The number of hydrogen-bond acceptors (Lipinski definition) is 3. The zero-order chi connectivity index (χ0) is 12.3. The van der Waals surface area contributed by atoms with Crippen LogP contribution in [-0.2, 0) is 9.53 Å². The molecule has 0 saturated carbocycles. The molecule has 1 aliphatic rings. The van der Waals surface area contributed by atoms with Gasteiger partial charge in [0, 0.05) is 6.61 Å². The smallest absolute Gasteiger partial charge is 0.241 e. The Hall–Kier alpha value is -1.39. The van der Waals surface area contributed by atoms with Crippen LogP contribution < -0.4 is 11.1 Å². The molecule has 4 heteroatoms. The summed E-state index contributed by atoms with van der Waals surface area (Å²) in [6, 6.07) is 8.85. The van der Waals surface area contributed by atoms with Gasteiger partial charge in [-0.25, -0.2) is 0 Å². The van der Waals surface area contributed by atoms with Gasteiger partial charge in [-0.3, -0.25) is 4.79 Å². The lowest BCUT2D eigenvalue weighted by atomic mass is 10.1. The van der Waals surface area contributed by atoms with E-state index in [1.165, 1.54) is 0 Å². The molecule has 0 aliphatic carbocycles. The Morgan fingerprint density at radius 1 is 1.47 bits per heavy atom. The highest BCUT2D eigenvalue weighted by atomic mass is 16.5. The van der Waals surface area contributed by atoms with E-state index < -0.39 is 6.04 Å². The predicted molar refractivity (Wildman–Crippen MR) is 65.3 cm³/mol. The first kappa shape index (κ1) is 12.1. The third-order valence-electron chi connectivity index (χ3n) is 3.15. The van der Waals surface area contributed by atoms with Crippen LogP contribution in [0.3, 0.4) is 0 Å². The molecule has 1 aromatic carbocycles. The van der Waals surface area contributed by atoms with Crippen LogP contribution >= 0.6 is 0 Å². The van der Waals surface area contributed by atoms with Crippen LogP contribution in [0.25, 0.3) is 0 Å². The van der Waals surface area contributed by atoms with Gasteiger partial charge in [-0.15, -0.1) is 0 Å². The molecule has 1 fully saturated rings. The minimum Gasteiger partial charge on any atom is -0.376 e. The first-order valence-electron chi connectivity index (χ1n) is 5.91. The van der Waals surface area contributed by atoms with E-state index in [0.717, 1.165) is 12.0 Å². The van der Waals surface area contributed by atoms with Gasteiger partial charge in [-0.05, 0) is 18.9 Å². The van der Waals surface area contributed by atoms with Crippen LogP contribution in [0.5, 0.6) is 0 Å². The van der Waals surface area contributed by atoms with Gasteiger partial charge in [0.25, 0.3) is 0 Å². The second kappa shape index (κ2) is 5.29. The zero-order valence-electron chi connectivity index (χ0n) is 9.93. The topological polar surface area (TPSA) is 64.3 Å². The normalized spacial score (nSPS) is 25.5. The molecule has 2 rings (SSSR count). The Balaban J connectivity index is 1.96. The second-order valence-corrected chi connectivity index (χ2v) is 4.37. The van der Waals surface area contributed by atoms with Crippen molar-refractivity contribution in [3.63, 3.8) is 0 Å². The highest BCUT2D eigenvalue weighted by molar-refractivity contribution is 5.83. The lowest BCUT2D eigenvalue weighted by molar-refractivity contribution is -0.123. The summed E-state index contributed by atoms with van der Waals surface area (Å²) in [5.41, 5.74) is 6.74. The maximum Gasteiger partial charge on any atom is 0.241 e. The second-order valence-electron chi connectivity index (χ2n) is 4.37. The SMILES string of the molecule is CC1OCCC1NC(=O)C(N)c1ccccc1. The fraction of sp³-hybridized carbons (Fsp3) is 0.462. The molecule has 0 aromatic heterocycles. The van der Waals surface area contributed by atoms with Gasteiger partial charge in [0.15, 0.2) is 0 Å². The lowest BCUT2D eigenvalue weighted by Gasteiger charge is -2.19. The maximum absolute atomic E-state index is 12.0. The maximum atomic E-state index is 12.0. The lowest BCUT2D eigenvalue weighted by Crippen LogP contribution is -2.43. The Labute approximate surface area is 101 Å². The summed E-state index contributed by atoms with van der Waals surface area (Å²) in [5.74, 6) is -0.140. The summed E-state index contributed by atoms with van der Waals surface area (Å²) in [6.45, 7) is 2.67. The van der Waals surface area contributed by atoms with E-state index in [1.54, 1.807) is 0 Å². The van der Waals surface area contributed by atoms with Crippen molar-refractivity contribution >= 4 is 5.91 Å². The van der Waals surface area contributed by atoms with E-state index in [-0.39, 0.29) is 18.1 Å². The molecule has 3 N–H and O–H groups in total. The Morgan fingerprint density at radius 2 is 2.18 bits per heavy atom. The van der Waals surface area contributed by atoms with Crippen LogP contribution in [0.2, 0.25) is 0 Å². The van der Waals surface area contributed by atoms with Crippen LogP contribution in [0.4, 0.5) is 0 Å². The van der Waals surface area contributed by atoms with Gasteiger partial charge in [-0.1, -0.05) is 30.3 Å². The van der Waals surface area contributed by atoms with Gasteiger partial charge in [0.05, 0.1) is 12.1 Å². The number of nitrogens with one attached hydrogen (secondary N) is 1. The van der Waals surface area contributed by atoms with Gasteiger partial charge in [0.1, 0.15) is 6.04 Å². The van der Waals surface area contributed by atoms with E-state index in [9.17, 15) is 4.79 Å². The summed E-state index contributed by atoms with van der Waals surface area (Å²) < 4.78 is 5.40. The molecule has 1 amide bonds. The third-order valence-corrected chi connectivity index (χ3v) is 3.15. The zero-order valence-corrected chi connectivity index (χ0v) is 9.93. The van der Waals surface area contributed by atoms with Crippen molar-refractivity contribution in [1.29, 1.82) is 0 Å². The molecular weight excluding hydrogens is 216 g/mol. The van der Waals surface area contributed by atoms with Crippen LogP contribution in [0, 0.1) is 0 Å². The van der Waals surface area contributed by atoms with Gasteiger partial charge < -0.3 is 15.8 Å². The molecule has 1 heterocycles. The number of hydrogen-bond donors (Lipinski definition) is 2. The molecule has 17 heavy (non-hydrogen) atoms. The number of ether oxygens (including phenoxy) is 1.